The lowest BCUT2D eigenvalue weighted by Gasteiger charge is -2.12. The molecule has 0 aromatic rings. The molecule has 1 aliphatic rings. The second kappa shape index (κ2) is 1.32. The number of halogens is 2. The monoisotopic (exact) mass is 124 g/mol. The molecule has 0 bridgehead atoms. The third kappa shape index (κ3) is 0.482. The van der Waals surface area contributed by atoms with Crippen LogP contribution in [0.2, 0.25) is 0 Å². The first-order valence-electron chi connectivity index (χ1n) is 1.47. The number of hydrogen-bond acceptors (Lipinski definition) is 1. The molecule has 0 amide bonds. The highest BCUT2D eigenvalue weighted by Crippen LogP contribution is 2.24. The summed E-state index contributed by atoms with van der Waals surface area (Å²) in [6, 6.07) is 0. The van der Waals surface area contributed by atoms with E-state index in [4.69, 9.17) is 23.2 Å². The predicted octanol–water partition coefficient (Wildman–Crippen LogP) is 1.66. The van der Waals surface area contributed by atoms with Gasteiger partial charge >= 0.3 is 0 Å². The van der Waals surface area contributed by atoms with Gasteiger partial charge < -0.3 is 4.74 Å². The number of rotatable bonds is 0. The largest absolute Gasteiger partial charge is 0.476 e. The molecule has 6 heavy (non-hydrogen) atoms. The van der Waals surface area contributed by atoms with E-state index in [0.29, 0.717) is 16.9 Å². The standard InChI is InChI=1S/C3H2Cl2O/c4-2-1-6-3(2)5/h1H2. The van der Waals surface area contributed by atoms with Gasteiger partial charge in [0, 0.05) is 0 Å². The average Bonchev–Trinajstić information content (AvgIpc) is 1.61. The minimum Gasteiger partial charge on any atom is -0.476 e. The van der Waals surface area contributed by atoms with E-state index in [9.17, 15) is 0 Å². The SMILES string of the molecule is ClC1=C(Cl)OC1. The molecule has 0 fully saturated rings. The van der Waals surface area contributed by atoms with Gasteiger partial charge in [0.25, 0.3) is 0 Å². The second-order valence-corrected chi connectivity index (χ2v) is 1.77. The summed E-state index contributed by atoms with van der Waals surface area (Å²) in [6.07, 6.45) is 0. The molecule has 0 saturated carbocycles. The molecular formula is C3H2Cl2O. The Morgan fingerprint density at radius 2 is 2.00 bits per heavy atom. The first kappa shape index (κ1) is 4.28. The van der Waals surface area contributed by atoms with Crippen molar-refractivity contribution in [2.24, 2.45) is 0 Å². The van der Waals surface area contributed by atoms with E-state index < -0.39 is 0 Å². The van der Waals surface area contributed by atoms with Gasteiger partial charge in [0.15, 0.2) is 0 Å². The lowest BCUT2D eigenvalue weighted by molar-refractivity contribution is 0.219. The van der Waals surface area contributed by atoms with Crippen molar-refractivity contribution in [3.8, 4) is 0 Å². The van der Waals surface area contributed by atoms with Crippen LogP contribution in [0.25, 0.3) is 0 Å². The molecule has 0 unspecified atom stereocenters. The number of hydrogen-bond donors (Lipinski definition) is 0. The highest BCUT2D eigenvalue weighted by atomic mass is 35.5. The summed E-state index contributed by atoms with van der Waals surface area (Å²) in [5, 5.41) is 0.966. The molecule has 34 valence electrons. The zero-order valence-corrected chi connectivity index (χ0v) is 4.38. The molecule has 0 spiro atoms. The summed E-state index contributed by atoms with van der Waals surface area (Å²) in [5.74, 6) is 0. The smallest absolute Gasteiger partial charge is 0.205 e. The molecule has 1 aliphatic heterocycles. The highest BCUT2D eigenvalue weighted by Gasteiger charge is 2.12. The van der Waals surface area contributed by atoms with Gasteiger partial charge in [-0.2, -0.15) is 0 Å². The van der Waals surface area contributed by atoms with Crippen LogP contribution >= 0.6 is 23.2 Å². The van der Waals surface area contributed by atoms with Crippen molar-refractivity contribution >= 4 is 23.2 Å². The van der Waals surface area contributed by atoms with Crippen molar-refractivity contribution in [2.75, 3.05) is 6.61 Å². The Morgan fingerprint density at radius 1 is 1.50 bits per heavy atom. The zero-order valence-electron chi connectivity index (χ0n) is 2.87. The van der Waals surface area contributed by atoms with E-state index >= 15 is 0 Å². The van der Waals surface area contributed by atoms with Gasteiger partial charge in [0.1, 0.15) is 11.6 Å². The van der Waals surface area contributed by atoms with Gasteiger partial charge in [0.2, 0.25) is 5.22 Å². The van der Waals surface area contributed by atoms with E-state index in [2.05, 4.69) is 4.74 Å². The normalized spacial score (nSPS) is 19.7. The van der Waals surface area contributed by atoms with Crippen molar-refractivity contribution in [3.63, 3.8) is 0 Å². The summed E-state index contributed by atoms with van der Waals surface area (Å²) < 4.78 is 4.56. The van der Waals surface area contributed by atoms with E-state index in [1.807, 2.05) is 0 Å². The molecule has 0 aromatic heterocycles. The fourth-order valence-corrected chi connectivity index (χ4v) is 0.399. The lowest BCUT2D eigenvalue weighted by atomic mass is 10.6. The van der Waals surface area contributed by atoms with E-state index in [-0.39, 0.29) is 0 Å². The van der Waals surface area contributed by atoms with Crippen molar-refractivity contribution in [3.05, 3.63) is 10.3 Å². The Kier molecular flexibility index (Phi) is 0.941. The molecule has 1 heterocycles. The maximum Gasteiger partial charge on any atom is 0.205 e. The Hall–Kier alpha value is 0.120. The van der Waals surface area contributed by atoms with Crippen LogP contribution in [-0.2, 0) is 4.74 Å². The minimum atomic E-state index is 0.344. The number of ether oxygens (including phenoxy) is 1. The molecule has 0 radical (unpaired) electrons. The van der Waals surface area contributed by atoms with Crippen LogP contribution in [0.3, 0.4) is 0 Å². The van der Waals surface area contributed by atoms with Crippen LogP contribution in [0.1, 0.15) is 0 Å². The van der Waals surface area contributed by atoms with Crippen molar-refractivity contribution in [1.82, 2.24) is 0 Å². The maximum absolute atomic E-state index is 5.32. The van der Waals surface area contributed by atoms with Gasteiger partial charge in [-0.3, -0.25) is 0 Å². The van der Waals surface area contributed by atoms with Crippen LogP contribution in [0.4, 0.5) is 0 Å². The summed E-state index contributed by atoms with van der Waals surface area (Å²) >= 11 is 10.5. The van der Waals surface area contributed by atoms with Gasteiger partial charge in [-0.05, 0) is 11.6 Å². The predicted molar refractivity (Wildman–Crippen MR) is 24.7 cm³/mol. The Labute approximate surface area is 45.5 Å². The lowest BCUT2D eigenvalue weighted by Crippen LogP contribution is -2.03. The fraction of sp³-hybridized carbons (Fsp3) is 0.333. The van der Waals surface area contributed by atoms with Crippen molar-refractivity contribution < 1.29 is 4.74 Å². The molecule has 0 aliphatic carbocycles. The van der Waals surface area contributed by atoms with Crippen LogP contribution in [0, 0.1) is 0 Å². The van der Waals surface area contributed by atoms with Crippen LogP contribution < -0.4 is 0 Å². The maximum atomic E-state index is 5.32. The Balaban J connectivity index is 2.66. The van der Waals surface area contributed by atoms with E-state index in [1.54, 1.807) is 0 Å². The van der Waals surface area contributed by atoms with Crippen LogP contribution in [0.15, 0.2) is 10.3 Å². The van der Waals surface area contributed by atoms with Gasteiger partial charge in [0.05, 0.1) is 0 Å². The molecule has 1 nitrogen and oxygen atoms in total. The Morgan fingerprint density at radius 3 is 2.00 bits per heavy atom. The molecule has 0 N–H and O–H groups in total. The first-order chi connectivity index (χ1) is 2.80. The Bertz CT molecular complexity index is 85.0. The molecule has 0 aromatic carbocycles. The van der Waals surface area contributed by atoms with E-state index in [1.165, 1.54) is 0 Å². The highest BCUT2D eigenvalue weighted by molar-refractivity contribution is 6.39. The van der Waals surface area contributed by atoms with Crippen molar-refractivity contribution in [2.45, 2.75) is 0 Å². The molecule has 3 heteroatoms. The van der Waals surface area contributed by atoms with Crippen LogP contribution in [0.5, 0.6) is 0 Å². The van der Waals surface area contributed by atoms with Crippen LogP contribution in [-0.4, -0.2) is 6.61 Å². The zero-order chi connectivity index (χ0) is 4.57. The third-order valence-electron chi connectivity index (χ3n) is 0.539. The second-order valence-electron chi connectivity index (χ2n) is 0.967. The summed E-state index contributed by atoms with van der Waals surface area (Å²) in [6.45, 7) is 0.486. The first-order valence-corrected chi connectivity index (χ1v) is 2.23. The quantitative estimate of drug-likeness (QED) is 0.478. The molecule has 1 rings (SSSR count). The molecular weight excluding hydrogens is 123 g/mol. The summed E-state index contributed by atoms with van der Waals surface area (Å²) in [7, 11) is 0. The van der Waals surface area contributed by atoms with Gasteiger partial charge in [-0.1, -0.05) is 11.6 Å². The fourth-order valence-electron chi connectivity index (χ4n) is 0.181. The van der Waals surface area contributed by atoms with E-state index in [0.717, 1.165) is 0 Å². The summed E-state index contributed by atoms with van der Waals surface area (Å²) in [5.41, 5.74) is 0. The van der Waals surface area contributed by atoms with Gasteiger partial charge in [-0.15, -0.1) is 0 Å². The van der Waals surface area contributed by atoms with Crippen molar-refractivity contribution in [1.29, 1.82) is 0 Å². The minimum absolute atomic E-state index is 0.344. The molecule has 0 saturated heterocycles. The average molecular weight is 125 g/mol. The summed E-state index contributed by atoms with van der Waals surface area (Å²) in [4.78, 5) is 0. The molecule has 0 atom stereocenters. The topological polar surface area (TPSA) is 9.23 Å². The van der Waals surface area contributed by atoms with Gasteiger partial charge in [-0.25, -0.2) is 0 Å². The third-order valence-corrected chi connectivity index (χ3v) is 1.25.